The fourth-order valence-corrected chi connectivity index (χ4v) is 3.18. The fraction of sp³-hybridized carbons (Fsp3) is 0.167. The normalized spacial score (nSPS) is 10.5. The van der Waals surface area contributed by atoms with E-state index < -0.39 is 0 Å². The Hall–Kier alpha value is -0.510. The van der Waals surface area contributed by atoms with Crippen molar-refractivity contribution >= 4 is 31.7 Å². The molecule has 0 nitrogen and oxygen atoms in total. The molecule has 0 amide bonds. The van der Waals surface area contributed by atoms with Gasteiger partial charge in [0, 0.05) is 0 Å². The first kappa shape index (κ1) is 9.06. The van der Waals surface area contributed by atoms with E-state index in [0.29, 0.717) is 0 Å². The van der Waals surface area contributed by atoms with Crippen molar-refractivity contribution in [3.63, 3.8) is 0 Å². The Morgan fingerprint density at radius 3 is 2.62 bits per heavy atom. The molecular weight excluding hydrogens is 272 g/mol. The predicted octanol–water partition coefficient (Wildman–Crippen LogP) is 3.09. The average Bonchev–Trinajstić information content (AvgIpc) is 2.19. The van der Waals surface area contributed by atoms with Crippen LogP contribution in [0.2, 0.25) is 4.97 Å². The summed E-state index contributed by atoms with van der Waals surface area (Å²) in [5, 5.41) is 2.82. The summed E-state index contributed by atoms with van der Waals surface area (Å²) < 4.78 is 1.31. The average molecular weight is 284 g/mol. The van der Waals surface area contributed by atoms with Crippen LogP contribution in [0.3, 0.4) is 0 Å². The Kier molecular flexibility index (Phi) is 2.88. The van der Waals surface area contributed by atoms with E-state index >= 15 is 0 Å². The van der Waals surface area contributed by atoms with Gasteiger partial charge in [-0.1, -0.05) is 0 Å². The Bertz CT molecular complexity index is 401. The van der Waals surface area contributed by atoms with Crippen LogP contribution in [0.4, 0.5) is 0 Å². The standard InChI is InChI=1S/C12H12Te/c1-13-9-11-7-4-6-10-5-2-3-8-12(10)11/h2-8H,9H2,1H3. The first-order valence-electron chi connectivity index (χ1n) is 4.37. The molecule has 0 saturated carbocycles. The third-order valence-electron chi connectivity index (χ3n) is 2.18. The second-order valence-electron chi connectivity index (χ2n) is 3.07. The van der Waals surface area contributed by atoms with Gasteiger partial charge in [-0.3, -0.25) is 0 Å². The summed E-state index contributed by atoms with van der Waals surface area (Å²) in [6.07, 6.45) is 0. The van der Waals surface area contributed by atoms with Gasteiger partial charge < -0.3 is 0 Å². The minimum atomic E-state index is 0.197. The van der Waals surface area contributed by atoms with Crippen molar-refractivity contribution in [2.45, 2.75) is 9.44 Å². The maximum absolute atomic E-state index is 2.35. The maximum atomic E-state index is 2.35. The molecule has 1 heteroatoms. The van der Waals surface area contributed by atoms with Crippen LogP contribution in [-0.2, 0) is 4.47 Å². The number of rotatable bonds is 2. The topological polar surface area (TPSA) is 0 Å². The number of hydrogen-bond acceptors (Lipinski definition) is 0. The van der Waals surface area contributed by atoms with Crippen molar-refractivity contribution in [2.75, 3.05) is 0 Å². The summed E-state index contributed by atoms with van der Waals surface area (Å²) in [5.41, 5.74) is 1.53. The summed E-state index contributed by atoms with van der Waals surface area (Å²) in [7, 11) is 0. The molecule has 0 atom stereocenters. The molecule has 0 N–H and O–H groups in total. The second kappa shape index (κ2) is 4.13. The van der Waals surface area contributed by atoms with E-state index in [0.717, 1.165) is 0 Å². The molecule has 0 aliphatic carbocycles. The Balaban J connectivity index is 2.61. The van der Waals surface area contributed by atoms with Gasteiger partial charge in [0.2, 0.25) is 0 Å². The van der Waals surface area contributed by atoms with E-state index in [1.165, 1.54) is 20.8 Å². The van der Waals surface area contributed by atoms with Gasteiger partial charge in [0.05, 0.1) is 0 Å². The molecule has 0 unspecified atom stereocenters. The summed E-state index contributed by atoms with van der Waals surface area (Å²) >= 11 is 0.197. The van der Waals surface area contributed by atoms with Crippen LogP contribution >= 0.6 is 0 Å². The van der Waals surface area contributed by atoms with Gasteiger partial charge in [0.25, 0.3) is 0 Å². The number of fused-ring (bicyclic) bond motifs is 1. The van der Waals surface area contributed by atoms with Crippen LogP contribution in [0, 0.1) is 0 Å². The summed E-state index contributed by atoms with van der Waals surface area (Å²) in [6.45, 7) is 0. The first-order valence-corrected chi connectivity index (χ1v) is 8.35. The molecule has 0 fully saturated rings. The third kappa shape index (κ3) is 1.88. The second-order valence-corrected chi connectivity index (χ2v) is 5.54. The van der Waals surface area contributed by atoms with E-state index in [-0.39, 0.29) is 20.9 Å². The SMILES string of the molecule is C[Te]Cc1cccc2ccccc12. The van der Waals surface area contributed by atoms with Crippen LogP contribution in [-0.4, -0.2) is 20.9 Å². The van der Waals surface area contributed by atoms with Crippen molar-refractivity contribution in [1.82, 2.24) is 0 Å². The van der Waals surface area contributed by atoms with Crippen molar-refractivity contribution in [3.05, 3.63) is 48.0 Å². The van der Waals surface area contributed by atoms with E-state index in [1.54, 1.807) is 0 Å². The van der Waals surface area contributed by atoms with E-state index in [1.807, 2.05) is 0 Å². The van der Waals surface area contributed by atoms with Crippen LogP contribution in [0.5, 0.6) is 0 Å². The molecular formula is C12H12Te. The summed E-state index contributed by atoms with van der Waals surface area (Å²) in [5.74, 6) is 0. The minimum absolute atomic E-state index is 0.197. The molecule has 0 aliphatic rings. The van der Waals surface area contributed by atoms with Gasteiger partial charge in [0.15, 0.2) is 0 Å². The zero-order chi connectivity index (χ0) is 9.10. The Morgan fingerprint density at radius 2 is 1.77 bits per heavy atom. The van der Waals surface area contributed by atoms with Crippen molar-refractivity contribution in [2.24, 2.45) is 0 Å². The number of hydrogen-bond donors (Lipinski definition) is 0. The van der Waals surface area contributed by atoms with Gasteiger partial charge in [0.1, 0.15) is 0 Å². The summed E-state index contributed by atoms with van der Waals surface area (Å²) in [6, 6.07) is 15.3. The van der Waals surface area contributed by atoms with Crippen molar-refractivity contribution < 1.29 is 0 Å². The molecule has 66 valence electrons. The molecule has 0 saturated heterocycles. The fourth-order valence-electron chi connectivity index (χ4n) is 1.57. The van der Waals surface area contributed by atoms with Crippen LogP contribution in [0.25, 0.3) is 10.8 Å². The predicted molar refractivity (Wildman–Crippen MR) is 59.3 cm³/mol. The van der Waals surface area contributed by atoms with Crippen molar-refractivity contribution in [1.29, 1.82) is 0 Å². The molecule has 0 heterocycles. The monoisotopic (exact) mass is 286 g/mol. The zero-order valence-corrected chi connectivity index (χ0v) is 9.99. The molecule has 2 aromatic rings. The van der Waals surface area contributed by atoms with E-state index in [2.05, 4.69) is 47.4 Å². The van der Waals surface area contributed by atoms with Crippen molar-refractivity contribution in [3.8, 4) is 0 Å². The molecule has 2 aromatic carbocycles. The molecule has 0 bridgehead atoms. The van der Waals surface area contributed by atoms with E-state index in [9.17, 15) is 0 Å². The molecule has 2 rings (SSSR count). The number of benzene rings is 2. The molecule has 0 aliphatic heterocycles. The van der Waals surface area contributed by atoms with Gasteiger partial charge in [-0.2, -0.15) is 0 Å². The third-order valence-corrected chi connectivity index (χ3v) is 3.89. The van der Waals surface area contributed by atoms with Crippen LogP contribution in [0.1, 0.15) is 5.56 Å². The quantitative estimate of drug-likeness (QED) is 0.743. The van der Waals surface area contributed by atoms with Crippen LogP contribution < -0.4 is 0 Å². The summed E-state index contributed by atoms with van der Waals surface area (Å²) in [4.78, 5) is 2.35. The van der Waals surface area contributed by atoms with E-state index in [4.69, 9.17) is 0 Å². The van der Waals surface area contributed by atoms with Gasteiger partial charge in [-0.05, 0) is 0 Å². The Labute approximate surface area is 89.0 Å². The molecule has 0 aromatic heterocycles. The molecule has 13 heavy (non-hydrogen) atoms. The Morgan fingerprint density at radius 1 is 1.00 bits per heavy atom. The van der Waals surface area contributed by atoms with Gasteiger partial charge >= 0.3 is 89.2 Å². The zero-order valence-electron chi connectivity index (χ0n) is 7.66. The van der Waals surface area contributed by atoms with Gasteiger partial charge in [-0.15, -0.1) is 0 Å². The van der Waals surface area contributed by atoms with Crippen LogP contribution in [0.15, 0.2) is 42.5 Å². The molecule has 0 spiro atoms. The van der Waals surface area contributed by atoms with Gasteiger partial charge in [-0.25, -0.2) is 0 Å². The first-order chi connectivity index (χ1) is 6.42. The molecule has 0 radical (unpaired) electrons.